The molecule has 2 aliphatic rings. The van der Waals surface area contributed by atoms with Crippen LogP contribution in [0.1, 0.15) is 189 Å². The second-order valence-electron chi connectivity index (χ2n) is 28.6. The smallest absolute Gasteiger partial charge is 0.363 e. The highest BCUT2D eigenvalue weighted by molar-refractivity contribution is 6.30. The minimum absolute atomic E-state index is 0.0150. The van der Waals surface area contributed by atoms with Crippen LogP contribution in [0.15, 0.2) is 132 Å². The summed E-state index contributed by atoms with van der Waals surface area (Å²) in [4.78, 5) is 145. The lowest BCUT2D eigenvalue weighted by molar-refractivity contribution is -0.112. The average molecular weight is 1650 g/mol. The lowest BCUT2D eigenvalue weighted by Crippen LogP contribution is -2.57. The van der Waals surface area contributed by atoms with E-state index in [1.807, 2.05) is 20.8 Å². The Balaban J connectivity index is 0.000000179. The number of nitrogens with zero attached hydrogens (tertiary/aromatic N) is 8. The number of amides is 1. The molecule has 35 heteroatoms. The summed E-state index contributed by atoms with van der Waals surface area (Å²) in [5, 5.41) is 50.3. The van der Waals surface area contributed by atoms with Gasteiger partial charge in [-0.2, -0.15) is 0 Å². The maximum Gasteiger partial charge on any atom is 0.363 e. The lowest BCUT2D eigenvalue weighted by Gasteiger charge is -2.44. The summed E-state index contributed by atoms with van der Waals surface area (Å²) in [7, 11) is 2.90. The molecule has 0 saturated carbocycles. The highest BCUT2D eigenvalue weighted by Crippen LogP contribution is 2.35. The Hall–Kier alpha value is -12.4. The number of Topliss-reactive ketones (excluding diaryl/α,β-unsaturated/α-hetero) is 5. The molecule has 1 unspecified atom stereocenters. The van der Waals surface area contributed by atoms with Crippen molar-refractivity contribution < 1.29 is 89.5 Å². The van der Waals surface area contributed by atoms with E-state index in [9.17, 15) is 99.6 Å². The molecule has 1 fully saturated rings. The van der Waals surface area contributed by atoms with Crippen molar-refractivity contribution >= 4 is 63.1 Å². The predicted octanol–water partition coefficient (Wildman–Crippen LogP) is 11.0. The third kappa shape index (κ3) is 20.3. The quantitative estimate of drug-likeness (QED) is 0.0176. The minimum Gasteiger partial charge on any atom is -0.503 e. The Morgan fingerprint density at radius 1 is 0.752 bits per heavy atom. The largest absolute Gasteiger partial charge is 0.503 e. The van der Waals surface area contributed by atoms with E-state index in [1.165, 1.54) is 73.3 Å². The third-order valence-electron chi connectivity index (χ3n) is 19.6. The van der Waals surface area contributed by atoms with Gasteiger partial charge in [-0.05, 0) is 117 Å². The summed E-state index contributed by atoms with van der Waals surface area (Å²) >= 11 is 5.91. The van der Waals surface area contributed by atoms with Gasteiger partial charge in [0, 0.05) is 100 Å². The van der Waals surface area contributed by atoms with Crippen molar-refractivity contribution in [3.63, 3.8) is 0 Å². The van der Waals surface area contributed by atoms with Crippen LogP contribution in [0.5, 0.6) is 17.2 Å². The number of benzene rings is 5. The Morgan fingerprint density at radius 3 is 1.96 bits per heavy atom. The van der Waals surface area contributed by atoms with Crippen LogP contribution in [0.4, 0.5) is 32.2 Å². The number of hydrogen-bond donors (Lipinski definition) is 6. The Kier molecular flexibility index (Phi) is 28.7. The van der Waals surface area contributed by atoms with Gasteiger partial charge in [0.05, 0.1) is 54.6 Å². The number of aliphatic hydroxyl groups is 1. The van der Waals surface area contributed by atoms with E-state index in [4.69, 9.17) is 25.5 Å². The van der Waals surface area contributed by atoms with Crippen LogP contribution in [-0.2, 0) is 49.4 Å². The second kappa shape index (κ2) is 37.9. The van der Waals surface area contributed by atoms with E-state index in [0.717, 1.165) is 28.3 Å². The van der Waals surface area contributed by atoms with Gasteiger partial charge in [0.15, 0.2) is 51.9 Å². The number of anilines is 1. The van der Waals surface area contributed by atoms with Crippen molar-refractivity contribution in [2.75, 3.05) is 32.2 Å². The molecular formula is C82H83ClF6N10O18. The van der Waals surface area contributed by atoms with E-state index in [-0.39, 0.29) is 161 Å². The second-order valence-corrected chi connectivity index (χ2v) is 29.0. The number of fused-ring (bicyclic) bond motifs is 3. The molecule has 3 atom stereocenters. The fraction of sp³-hybridized carbons (Fsp3) is 0.341. The van der Waals surface area contributed by atoms with Crippen LogP contribution in [0.25, 0.3) is 10.9 Å². The van der Waals surface area contributed by atoms with Crippen molar-refractivity contribution in [2.24, 2.45) is 13.0 Å². The van der Waals surface area contributed by atoms with Gasteiger partial charge in [-0.1, -0.05) is 80.4 Å². The first-order chi connectivity index (χ1) is 55.3. The van der Waals surface area contributed by atoms with E-state index in [1.54, 1.807) is 68.7 Å². The number of hydrogen-bond acceptors (Lipinski definition) is 22. The molecule has 0 bridgehead atoms. The summed E-state index contributed by atoms with van der Waals surface area (Å²) < 4.78 is 101. The van der Waals surface area contributed by atoms with Crippen LogP contribution in [0, 0.1) is 47.7 Å². The number of halogens is 7. The Labute approximate surface area is 667 Å². The standard InChI is InChI=1S/C24H25ClFNO4.C22H23FN4O5.C21H20F2N2O5.C15H15F2N3O4/c1-13(2)21(12-28)27-11-18(14(3)29)24(30)17-9-16(22(31-4)10-20(17)27)8-15-6-5-7-19(25)23(15)26;1-12-25-26-19(32-12)16(29)11-22(2,3)21-24-17(18(30)20(31)27(21)4)15(28)10-7-13-5-8-14(23)9-6-13;1-11-6-7-30-17-10-24-9-14(19(27)20(28)18(24)21(29)25(11)17)16(26)5-3-12-2-4-13(22)8-15(12)23;1-2-18-13-12(14(22)20(24)15(23)19-13)11(21)6-4-8-3-5-9(16)7-10(8)17/h5-7,9-11,13,21,28H,8,12H2,1-4H3;5-6,8-9,30H,7,10-11H2,1-4H3;2,4,8-9,11,17,28H,3,5-7,10H2,1H3;3,5,7,18,24H,2,4,6H2,1H3,(H,19,23)/t;;11-,17+;/m..1./s1. The monoisotopic (exact) mass is 1640 g/mol. The van der Waals surface area contributed by atoms with Crippen molar-refractivity contribution in [3.8, 4) is 17.2 Å². The first-order valence-electron chi connectivity index (χ1n) is 36.7. The number of nitrogens with one attached hydrogen (secondary N) is 2. The van der Waals surface area contributed by atoms with Gasteiger partial charge in [-0.25, -0.2) is 36.1 Å². The zero-order valence-corrected chi connectivity index (χ0v) is 65.8. The maximum absolute atomic E-state index is 14.5. The zero-order valence-electron chi connectivity index (χ0n) is 65.0. The van der Waals surface area contributed by atoms with Gasteiger partial charge in [0.25, 0.3) is 17.4 Å². The summed E-state index contributed by atoms with van der Waals surface area (Å²) in [5.74, 6) is -8.02. The van der Waals surface area contributed by atoms with Crippen molar-refractivity contribution in [1.82, 2.24) is 43.5 Å². The molecule has 12 rings (SSSR count). The number of aromatic amines is 1. The molecule has 1 amide bonds. The van der Waals surface area contributed by atoms with E-state index >= 15 is 0 Å². The molecule has 5 aromatic carbocycles. The molecule has 6 N–H and O–H groups in total. The highest BCUT2D eigenvalue weighted by atomic mass is 35.5. The van der Waals surface area contributed by atoms with Crippen LogP contribution in [0.2, 0.25) is 5.02 Å². The van der Waals surface area contributed by atoms with Crippen molar-refractivity contribution in [2.45, 2.75) is 143 Å². The number of aryl methyl sites for hydroxylation is 4. The summed E-state index contributed by atoms with van der Waals surface area (Å²) in [6, 6.07) is 19.3. The first kappa shape index (κ1) is 88.5. The number of aromatic nitrogens is 8. The zero-order chi connectivity index (χ0) is 85.9. The lowest BCUT2D eigenvalue weighted by atomic mass is 9.85. The molecule has 2 aliphatic heterocycles. The minimum atomic E-state index is -1.17. The molecule has 0 aliphatic carbocycles. The highest BCUT2D eigenvalue weighted by Gasteiger charge is 2.42. The van der Waals surface area contributed by atoms with E-state index < -0.39 is 114 Å². The normalized spacial score (nSPS) is 13.9. The SMILES string of the molecule is CCNc1[nH]c(=O)n(O)c(=O)c1C(=O)CCc1ccc(F)cc1F.COc1cc2c(cc1Cc1cccc(Cl)c1F)c(=O)c(C(C)=O)cn2C(CO)C(C)C.C[C@@H]1CCO[C@H]2Cn3cc(C(=O)CCc4ccc(F)cc4F)c(=O)c(O)c3C(=O)N12.Cc1nnc(C(=O)CC(C)(C)c2nc(C(=O)CCc3ccc(F)cc3)c(O)c(=O)n2C)o1. The number of H-pyrrole nitrogens is 1. The van der Waals surface area contributed by atoms with Crippen LogP contribution in [0.3, 0.4) is 0 Å². The van der Waals surface area contributed by atoms with Gasteiger partial charge in [-0.3, -0.25) is 57.5 Å². The molecule has 618 valence electrons. The Bertz CT molecular complexity index is 5820. The number of methoxy groups -OCH3 is 1. The molecule has 1 saturated heterocycles. The fourth-order valence-corrected chi connectivity index (χ4v) is 13.5. The van der Waals surface area contributed by atoms with Crippen molar-refractivity contribution in [3.05, 3.63) is 268 Å². The van der Waals surface area contributed by atoms with Gasteiger partial charge in [0.1, 0.15) is 57.9 Å². The maximum atomic E-state index is 14.5. The molecule has 28 nitrogen and oxygen atoms in total. The number of carbonyl (C=O) groups excluding carboxylic acids is 6. The third-order valence-corrected chi connectivity index (χ3v) is 19.9. The molecule has 7 heterocycles. The van der Waals surface area contributed by atoms with Crippen molar-refractivity contribution in [1.29, 1.82) is 0 Å². The predicted molar refractivity (Wildman–Crippen MR) is 414 cm³/mol. The molecule has 117 heavy (non-hydrogen) atoms. The summed E-state index contributed by atoms with van der Waals surface area (Å²) in [6.45, 7) is 14.5. The number of rotatable bonds is 25. The number of aromatic hydroxyl groups is 2. The van der Waals surface area contributed by atoms with Crippen LogP contribution < -0.4 is 37.7 Å². The molecular weight excluding hydrogens is 1560 g/mol. The number of ketones is 5. The first-order valence-corrected chi connectivity index (χ1v) is 37.1. The van der Waals surface area contributed by atoms with Gasteiger partial charge in [0.2, 0.25) is 22.9 Å². The molecule has 10 aromatic rings. The van der Waals surface area contributed by atoms with Crippen LogP contribution in [-0.4, -0.2) is 138 Å². The molecule has 0 spiro atoms. The molecule has 5 aromatic heterocycles. The number of aliphatic hydroxyl groups excluding tert-OH is 1. The van der Waals surface area contributed by atoms with Gasteiger partial charge in [-0.15, -0.1) is 10.2 Å². The number of ether oxygens (including phenoxy) is 2. The molecule has 0 radical (unpaired) electrons. The number of pyridine rings is 2. The fourth-order valence-electron chi connectivity index (χ4n) is 13.3. The van der Waals surface area contributed by atoms with Gasteiger partial charge < -0.3 is 53.8 Å². The summed E-state index contributed by atoms with van der Waals surface area (Å²) in [6.07, 6.45) is 2.53. The topological polar surface area (TPSA) is 390 Å². The van der Waals surface area contributed by atoms with Gasteiger partial charge >= 0.3 is 11.2 Å². The number of carbonyl (C=O) groups is 6. The summed E-state index contributed by atoms with van der Waals surface area (Å²) in [5.41, 5.74) is -4.13. The van der Waals surface area contributed by atoms with E-state index in [2.05, 4.69) is 25.5 Å². The Morgan fingerprint density at radius 2 is 1.38 bits per heavy atom. The van der Waals surface area contributed by atoms with Crippen LogP contribution >= 0.6 is 11.6 Å². The average Bonchev–Trinajstić information content (AvgIpc) is 0.830. The van der Waals surface area contributed by atoms with E-state index in [0.29, 0.717) is 53.4 Å².